The molecule has 1 heterocycles. The van der Waals surface area contributed by atoms with E-state index in [1.807, 2.05) is 0 Å². The molecule has 0 spiro atoms. The molecule has 1 aromatic carbocycles. The molecule has 1 aliphatic heterocycles. The Hall–Kier alpha value is -0.500. The van der Waals surface area contributed by atoms with Crippen LogP contribution in [0.1, 0.15) is 24.0 Å². The third-order valence-corrected chi connectivity index (χ3v) is 6.71. The molecule has 2 rings (SSSR count). The number of alkyl halides is 1. The summed E-state index contributed by atoms with van der Waals surface area (Å²) in [5.41, 5.74) is 0.276. The van der Waals surface area contributed by atoms with Crippen LogP contribution in [0.5, 0.6) is 0 Å². The molecular formula is C14H19BrFNO3S. The van der Waals surface area contributed by atoms with E-state index in [-0.39, 0.29) is 4.90 Å². The van der Waals surface area contributed by atoms with Gasteiger partial charge in [-0.1, -0.05) is 15.9 Å². The van der Waals surface area contributed by atoms with E-state index >= 15 is 0 Å². The molecule has 1 aromatic rings. The highest BCUT2D eigenvalue weighted by atomic mass is 79.9. The molecule has 0 bridgehead atoms. The largest absolute Gasteiger partial charge is 0.381 e. The maximum atomic E-state index is 13.4. The zero-order valence-electron chi connectivity index (χ0n) is 12.1. The predicted octanol–water partition coefficient (Wildman–Crippen LogP) is 2.66. The first-order valence-corrected chi connectivity index (χ1v) is 9.35. The minimum atomic E-state index is -3.71. The Morgan fingerprint density at radius 1 is 1.29 bits per heavy atom. The Bertz CT molecular complexity index is 604. The molecule has 0 aliphatic carbocycles. The monoisotopic (exact) mass is 379 g/mol. The SMILES string of the molecule is Cc1cc(F)cc(C)c1S(=O)(=O)NC1(CBr)CCOCC1. The van der Waals surface area contributed by atoms with Crippen LogP contribution in [0.2, 0.25) is 0 Å². The van der Waals surface area contributed by atoms with E-state index in [0.29, 0.717) is 42.5 Å². The normalized spacial score (nSPS) is 18.7. The highest BCUT2D eigenvalue weighted by molar-refractivity contribution is 9.09. The van der Waals surface area contributed by atoms with Crippen LogP contribution in [-0.2, 0) is 14.8 Å². The molecule has 0 atom stereocenters. The van der Waals surface area contributed by atoms with Gasteiger partial charge in [-0.2, -0.15) is 0 Å². The van der Waals surface area contributed by atoms with Gasteiger partial charge < -0.3 is 4.74 Å². The molecule has 0 amide bonds. The fourth-order valence-electron chi connectivity index (χ4n) is 2.68. The summed E-state index contributed by atoms with van der Waals surface area (Å²) in [6.07, 6.45) is 1.22. The van der Waals surface area contributed by atoms with Crippen molar-refractivity contribution in [2.45, 2.75) is 37.1 Å². The Morgan fingerprint density at radius 3 is 2.29 bits per heavy atom. The molecule has 118 valence electrons. The summed E-state index contributed by atoms with van der Waals surface area (Å²) in [5, 5.41) is 0.516. The predicted molar refractivity (Wildman–Crippen MR) is 82.8 cm³/mol. The molecule has 0 aromatic heterocycles. The van der Waals surface area contributed by atoms with Crippen molar-refractivity contribution in [1.82, 2.24) is 4.72 Å². The van der Waals surface area contributed by atoms with E-state index in [1.54, 1.807) is 13.8 Å². The fraction of sp³-hybridized carbons (Fsp3) is 0.571. The van der Waals surface area contributed by atoms with Crippen LogP contribution in [-0.4, -0.2) is 32.5 Å². The van der Waals surface area contributed by atoms with Crippen LogP contribution in [0.25, 0.3) is 0 Å². The van der Waals surface area contributed by atoms with Gasteiger partial charge in [0.25, 0.3) is 0 Å². The van der Waals surface area contributed by atoms with Crippen molar-refractivity contribution >= 4 is 26.0 Å². The topological polar surface area (TPSA) is 55.4 Å². The maximum Gasteiger partial charge on any atom is 0.241 e. The number of nitrogens with one attached hydrogen (secondary N) is 1. The van der Waals surface area contributed by atoms with Gasteiger partial charge in [-0.15, -0.1) is 0 Å². The van der Waals surface area contributed by atoms with E-state index in [9.17, 15) is 12.8 Å². The van der Waals surface area contributed by atoms with E-state index < -0.39 is 21.4 Å². The lowest BCUT2D eigenvalue weighted by Crippen LogP contribution is -2.53. The quantitative estimate of drug-likeness (QED) is 0.818. The van der Waals surface area contributed by atoms with Gasteiger partial charge >= 0.3 is 0 Å². The van der Waals surface area contributed by atoms with Crippen molar-refractivity contribution in [1.29, 1.82) is 0 Å². The summed E-state index contributed by atoms with van der Waals surface area (Å²) < 4.78 is 46.9. The Labute approximate surface area is 133 Å². The molecule has 0 saturated carbocycles. The minimum Gasteiger partial charge on any atom is -0.381 e. The van der Waals surface area contributed by atoms with Gasteiger partial charge in [0.1, 0.15) is 5.82 Å². The van der Waals surface area contributed by atoms with Crippen molar-refractivity contribution < 1.29 is 17.5 Å². The first-order valence-electron chi connectivity index (χ1n) is 6.74. The van der Waals surface area contributed by atoms with Gasteiger partial charge in [-0.05, 0) is 49.9 Å². The van der Waals surface area contributed by atoms with Crippen molar-refractivity contribution in [3.63, 3.8) is 0 Å². The number of sulfonamides is 1. The summed E-state index contributed by atoms with van der Waals surface area (Å²) in [6, 6.07) is 2.48. The first-order chi connectivity index (χ1) is 9.80. The summed E-state index contributed by atoms with van der Waals surface area (Å²) >= 11 is 3.40. The molecule has 1 N–H and O–H groups in total. The second kappa shape index (κ2) is 6.32. The number of ether oxygens (including phenoxy) is 1. The van der Waals surface area contributed by atoms with Crippen LogP contribution in [0.15, 0.2) is 17.0 Å². The van der Waals surface area contributed by atoms with E-state index in [4.69, 9.17) is 4.74 Å². The van der Waals surface area contributed by atoms with Crippen molar-refractivity contribution in [3.05, 3.63) is 29.1 Å². The molecule has 0 unspecified atom stereocenters. The smallest absolute Gasteiger partial charge is 0.241 e. The Kier molecular flexibility index (Phi) is 5.07. The lowest BCUT2D eigenvalue weighted by atomic mass is 9.94. The van der Waals surface area contributed by atoms with Gasteiger partial charge in [-0.3, -0.25) is 0 Å². The molecule has 1 fully saturated rings. The molecular weight excluding hydrogens is 361 g/mol. The number of hydrogen-bond donors (Lipinski definition) is 1. The van der Waals surface area contributed by atoms with Crippen LogP contribution >= 0.6 is 15.9 Å². The zero-order chi connectivity index (χ0) is 15.7. The molecule has 1 aliphatic rings. The van der Waals surface area contributed by atoms with E-state index in [0.717, 1.165) is 0 Å². The molecule has 7 heteroatoms. The molecule has 21 heavy (non-hydrogen) atoms. The maximum absolute atomic E-state index is 13.4. The van der Waals surface area contributed by atoms with E-state index in [1.165, 1.54) is 12.1 Å². The van der Waals surface area contributed by atoms with Gasteiger partial charge in [0.2, 0.25) is 10.0 Å². The summed E-state index contributed by atoms with van der Waals surface area (Å²) in [7, 11) is -3.71. The average Bonchev–Trinajstić information content (AvgIpc) is 2.37. The minimum absolute atomic E-state index is 0.163. The second-order valence-electron chi connectivity index (χ2n) is 5.50. The number of halogens is 2. The second-order valence-corrected chi connectivity index (χ2v) is 7.68. The fourth-order valence-corrected chi connectivity index (χ4v) is 5.48. The lowest BCUT2D eigenvalue weighted by molar-refractivity contribution is 0.0557. The van der Waals surface area contributed by atoms with Crippen LogP contribution in [0, 0.1) is 19.7 Å². The zero-order valence-corrected chi connectivity index (χ0v) is 14.5. The highest BCUT2D eigenvalue weighted by Crippen LogP contribution is 2.28. The third-order valence-electron chi connectivity index (χ3n) is 3.75. The van der Waals surface area contributed by atoms with Crippen molar-refractivity contribution in [2.75, 3.05) is 18.5 Å². The standard InChI is InChI=1S/C14H19BrFNO3S/c1-10-7-12(16)8-11(2)13(10)21(18,19)17-14(9-15)3-5-20-6-4-14/h7-8,17H,3-6,9H2,1-2H3. The van der Waals surface area contributed by atoms with Gasteiger partial charge in [0.15, 0.2) is 0 Å². The van der Waals surface area contributed by atoms with E-state index in [2.05, 4.69) is 20.7 Å². The van der Waals surface area contributed by atoms with Crippen molar-refractivity contribution in [2.24, 2.45) is 0 Å². The number of hydrogen-bond acceptors (Lipinski definition) is 3. The summed E-state index contributed by atoms with van der Waals surface area (Å²) in [6.45, 7) is 4.26. The number of benzene rings is 1. The number of aryl methyl sites for hydroxylation is 2. The molecule has 1 saturated heterocycles. The van der Waals surface area contributed by atoms with Crippen molar-refractivity contribution in [3.8, 4) is 0 Å². The van der Waals surface area contributed by atoms with Crippen LogP contribution in [0.4, 0.5) is 4.39 Å². The van der Waals surface area contributed by atoms with Crippen LogP contribution < -0.4 is 4.72 Å². The third kappa shape index (κ3) is 3.64. The highest BCUT2D eigenvalue weighted by Gasteiger charge is 2.37. The molecule has 4 nitrogen and oxygen atoms in total. The van der Waals surface area contributed by atoms with Gasteiger partial charge in [0.05, 0.1) is 4.90 Å². The molecule has 0 radical (unpaired) electrons. The number of rotatable bonds is 4. The summed E-state index contributed by atoms with van der Waals surface area (Å²) in [4.78, 5) is 0.163. The summed E-state index contributed by atoms with van der Waals surface area (Å²) in [5.74, 6) is -0.426. The average molecular weight is 380 g/mol. The van der Waals surface area contributed by atoms with Crippen LogP contribution in [0.3, 0.4) is 0 Å². The van der Waals surface area contributed by atoms with Gasteiger partial charge in [-0.25, -0.2) is 17.5 Å². The lowest BCUT2D eigenvalue weighted by Gasteiger charge is -2.36. The van der Waals surface area contributed by atoms with Gasteiger partial charge in [0, 0.05) is 24.1 Å². The Balaban J connectivity index is 2.38. The Morgan fingerprint density at radius 2 is 1.81 bits per heavy atom. The first kappa shape index (κ1) is 16.9.